The molecule has 0 aromatic heterocycles. The molecule has 0 saturated carbocycles. The number of carbonyl (C=O) groups is 1. The first-order valence-corrected chi connectivity index (χ1v) is 8.95. The van der Waals surface area contributed by atoms with E-state index in [1.165, 1.54) is 0 Å². The zero-order valence-corrected chi connectivity index (χ0v) is 14.0. The molecule has 0 bridgehead atoms. The fourth-order valence-electron chi connectivity index (χ4n) is 2.31. The third kappa shape index (κ3) is 4.78. The molecule has 1 amide bonds. The Labute approximate surface area is 139 Å². The largest absolute Gasteiger partial charge is 0.380 e. The Bertz CT molecular complexity index is 504. The van der Waals surface area contributed by atoms with Crippen molar-refractivity contribution in [3.63, 3.8) is 0 Å². The number of nitrogens with one attached hydrogen (secondary N) is 1. The third-order valence-electron chi connectivity index (χ3n) is 3.67. The molecule has 1 aromatic carbocycles. The fourth-order valence-corrected chi connectivity index (χ4v) is 3.98. The minimum Gasteiger partial charge on any atom is -0.380 e. The number of hydrogen-bond donors (Lipinski definition) is 2. The van der Waals surface area contributed by atoms with E-state index >= 15 is 0 Å². The second-order valence-corrected chi connectivity index (χ2v) is 7.31. The summed E-state index contributed by atoms with van der Waals surface area (Å²) in [5, 5.41) is 14.4. The smallest absolute Gasteiger partial charge is 0.252 e. The summed E-state index contributed by atoms with van der Waals surface area (Å²) in [7, 11) is 0. The van der Waals surface area contributed by atoms with E-state index in [4.69, 9.17) is 23.2 Å². The van der Waals surface area contributed by atoms with E-state index in [0.717, 1.165) is 29.9 Å². The van der Waals surface area contributed by atoms with Gasteiger partial charge in [0.2, 0.25) is 0 Å². The van der Waals surface area contributed by atoms with Gasteiger partial charge >= 0.3 is 0 Å². The Hall–Kier alpha value is -0.420. The summed E-state index contributed by atoms with van der Waals surface area (Å²) in [6.45, 7) is 0.535. The van der Waals surface area contributed by atoms with Gasteiger partial charge in [-0.3, -0.25) is 4.79 Å². The van der Waals surface area contributed by atoms with Crippen molar-refractivity contribution < 1.29 is 9.90 Å². The average molecular weight is 348 g/mol. The lowest BCUT2D eigenvalue weighted by molar-refractivity contribution is -0.140. The van der Waals surface area contributed by atoms with Gasteiger partial charge in [-0.1, -0.05) is 29.3 Å². The van der Waals surface area contributed by atoms with Crippen molar-refractivity contribution in [2.24, 2.45) is 0 Å². The Morgan fingerprint density at radius 1 is 1.33 bits per heavy atom. The molecule has 0 atom stereocenters. The SMILES string of the molecule is O=C(NCCCc1ccc(Cl)cc1Cl)C1(O)CCSCC1. The summed E-state index contributed by atoms with van der Waals surface area (Å²) in [4.78, 5) is 12.0. The van der Waals surface area contributed by atoms with E-state index in [1.54, 1.807) is 17.8 Å². The Balaban J connectivity index is 1.75. The van der Waals surface area contributed by atoms with Crippen LogP contribution < -0.4 is 5.32 Å². The number of amides is 1. The molecule has 6 heteroatoms. The lowest BCUT2D eigenvalue weighted by Crippen LogP contribution is -2.49. The third-order valence-corrected chi connectivity index (χ3v) is 5.24. The van der Waals surface area contributed by atoms with E-state index < -0.39 is 5.60 Å². The predicted molar refractivity (Wildman–Crippen MR) is 89.3 cm³/mol. The molecule has 1 aliphatic rings. The summed E-state index contributed by atoms with van der Waals surface area (Å²) in [6.07, 6.45) is 2.61. The van der Waals surface area contributed by atoms with Crippen LogP contribution >= 0.6 is 35.0 Å². The van der Waals surface area contributed by atoms with E-state index in [0.29, 0.717) is 29.4 Å². The number of thioether (sulfide) groups is 1. The predicted octanol–water partition coefficient (Wildman–Crippen LogP) is 3.30. The van der Waals surface area contributed by atoms with Crippen LogP contribution in [0.4, 0.5) is 0 Å². The van der Waals surface area contributed by atoms with Crippen molar-refractivity contribution in [3.05, 3.63) is 33.8 Å². The van der Waals surface area contributed by atoms with Gasteiger partial charge in [-0.25, -0.2) is 0 Å². The van der Waals surface area contributed by atoms with Crippen molar-refractivity contribution in [1.82, 2.24) is 5.32 Å². The number of aliphatic hydroxyl groups is 1. The number of rotatable bonds is 5. The topological polar surface area (TPSA) is 49.3 Å². The molecule has 1 fully saturated rings. The normalized spacial score (nSPS) is 17.5. The van der Waals surface area contributed by atoms with Gasteiger partial charge in [-0.05, 0) is 54.9 Å². The van der Waals surface area contributed by atoms with Crippen LogP contribution in [0.1, 0.15) is 24.8 Å². The number of benzene rings is 1. The quantitative estimate of drug-likeness (QED) is 0.803. The number of carbonyl (C=O) groups excluding carboxylic acids is 1. The molecule has 0 spiro atoms. The number of hydrogen-bond acceptors (Lipinski definition) is 3. The highest BCUT2D eigenvalue weighted by atomic mass is 35.5. The molecule has 1 saturated heterocycles. The molecule has 3 nitrogen and oxygen atoms in total. The lowest BCUT2D eigenvalue weighted by atomic mass is 9.96. The second kappa shape index (κ2) is 7.73. The van der Waals surface area contributed by atoms with Gasteiger partial charge in [0, 0.05) is 16.6 Å². The van der Waals surface area contributed by atoms with Crippen LogP contribution in [0.2, 0.25) is 10.0 Å². The van der Waals surface area contributed by atoms with E-state index in [-0.39, 0.29) is 5.91 Å². The first-order valence-electron chi connectivity index (χ1n) is 7.04. The van der Waals surface area contributed by atoms with Crippen LogP contribution in [-0.4, -0.2) is 34.7 Å². The molecule has 116 valence electrons. The molecule has 1 aliphatic heterocycles. The van der Waals surface area contributed by atoms with Gasteiger partial charge in [-0.15, -0.1) is 0 Å². The van der Waals surface area contributed by atoms with Crippen molar-refractivity contribution in [1.29, 1.82) is 0 Å². The zero-order chi connectivity index (χ0) is 15.3. The molecule has 2 N–H and O–H groups in total. The maximum atomic E-state index is 12.0. The van der Waals surface area contributed by atoms with Crippen molar-refractivity contribution in [2.75, 3.05) is 18.1 Å². The maximum Gasteiger partial charge on any atom is 0.252 e. The molecule has 1 aromatic rings. The molecule has 21 heavy (non-hydrogen) atoms. The molecule has 0 radical (unpaired) electrons. The molecule has 2 rings (SSSR count). The first-order chi connectivity index (χ1) is 10.0. The molecule has 0 aliphatic carbocycles. The van der Waals surface area contributed by atoms with Gasteiger partial charge in [0.05, 0.1) is 0 Å². The fraction of sp³-hybridized carbons (Fsp3) is 0.533. The van der Waals surface area contributed by atoms with E-state index in [2.05, 4.69) is 5.32 Å². The Morgan fingerprint density at radius 2 is 2.05 bits per heavy atom. The minimum atomic E-state index is -1.18. The van der Waals surface area contributed by atoms with Crippen LogP contribution in [-0.2, 0) is 11.2 Å². The maximum absolute atomic E-state index is 12.0. The number of aryl methyl sites for hydroxylation is 1. The summed E-state index contributed by atoms with van der Waals surface area (Å²) >= 11 is 13.7. The van der Waals surface area contributed by atoms with Crippen LogP contribution in [0.25, 0.3) is 0 Å². The standard InChI is InChI=1S/C15H19Cl2NO2S/c16-12-4-3-11(13(17)10-12)2-1-7-18-14(19)15(20)5-8-21-9-6-15/h3-4,10,20H,1-2,5-9H2,(H,18,19). The lowest BCUT2D eigenvalue weighted by Gasteiger charge is -2.30. The van der Waals surface area contributed by atoms with Gasteiger partial charge in [0.15, 0.2) is 0 Å². The first kappa shape index (κ1) is 16.9. The summed E-state index contributed by atoms with van der Waals surface area (Å²) in [5.74, 6) is 1.43. The molecule has 1 heterocycles. The van der Waals surface area contributed by atoms with Crippen LogP contribution in [0, 0.1) is 0 Å². The zero-order valence-electron chi connectivity index (χ0n) is 11.7. The minimum absolute atomic E-state index is 0.245. The summed E-state index contributed by atoms with van der Waals surface area (Å²) in [6, 6.07) is 5.43. The average Bonchev–Trinajstić information content (AvgIpc) is 2.46. The van der Waals surface area contributed by atoms with Gasteiger partial charge in [0.1, 0.15) is 5.60 Å². The van der Waals surface area contributed by atoms with Crippen LogP contribution in [0.3, 0.4) is 0 Å². The van der Waals surface area contributed by atoms with Gasteiger partial charge < -0.3 is 10.4 Å². The van der Waals surface area contributed by atoms with Gasteiger partial charge in [0.25, 0.3) is 5.91 Å². The highest BCUT2D eigenvalue weighted by Crippen LogP contribution is 2.27. The Kier molecular flexibility index (Phi) is 6.23. The molecule has 0 unspecified atom stereocenters. The summed E-state index contributed by atoms with van der Waals surface area (Å²) < 4.78 is 0. The van der Waals surface area contributed by atoms with Crippen molar-refractivity contribution in [2.45, 2.75) is 31.3 Å². The van der Waals surface area contributed by atoms with Crippen LogP contribution in [0.5, 0.6) is 0 Å². The molecular weight excluding hydrogens is 329 g/mol. The van der Waals surface area contributed by atoms with E-state index in [9.17, 15) is 9.90 Å². The number of halogens is 2. The van der Waals surface area contributed by atoms with Crippen LogP contribution in [0.15, 0.2) is 18.2 Å². The Morgan fingerprint density at radius 3 is 2.71 bits per heavy atom. The second-order valence-electron chi connectivity index (χ2n) is 5.24. The van der Waals surface area contributed by atoms with E-state index in [1.807, 2.05) is 12.1 Å². The highest BCUT2D eigenvalue weighted by Gasteiger charge is 2.36. The summed E-state index contributed by atoms with van der Waals surface area (Å²) in [5.41, 5.74) is -0.161. The van der Waals surface area contributed by atoms with Gasteiger partial charge in [-0.2, -0.15) is 11.8 Å². The highest BCUT2D eigenvalue weighted by molar-refractivity contribution is 7.99. The monoisotopic (exact) mass is 347 g/mol. The van der Waals surface area contributed by atoms with Crippen molar-refractivity contribution >= 4 is 40.9 Å². The molecular formula is C15H19Cl2NO2S. The van der Waals surface area contributed by atoms with Crippen molar-refractivity contribution in [3.8, 4) is 0 Å².